The van der Waals surface area contributed by atoms with Crippen LogP contribution in [0, 0.1) is 11.7 Å². The third kappa shape index (κ3) is 8.08. The summed E-state index contributed by atoms with van der Waals surface area (Å²) < 4.78 is 14.7. The van der Waals surface area contributed by atoms with E-state index in [1.54, 1.807) is 6.07 Å². The van der Waals surface area contributed by atoms with Crippen molar-refractivity contribution in [3.63, 3.8) is 0 Å². The monoisotopic (exact) mass is 540 g/mol. The zero-order chi connectivity index (χ0) is 18.2. The van der Waals surface area contributed by atoms with Gasteiger partial charge in [-0.15, -0.1) is 24.0 Å². The van der Waals surface area contributed by atoms with E-state index in [9.17, 15) is 4.39 Å². The van der Waals surface area contributed by atoms with Gasteiger partial charge in [0.2, 0.25) is 0 Å². The van der Waals surface area contributed by atoms with Crippen LogP contribution < -0.4 is 10.6 Å². The van der Waals surface area contributed by atoms with E-state index < -0.39 is 0 Å². The van der Waals surface area contributed by atoms with E-state index in [2.05, 4.69) is 50.3 Å². The van der Waals surface area contributed by atoms with E-state index in [-0.39, 0.29) is 29.8 Å². The molecule has 1 heterocycles. The highest BCUT2D eigenvalue weighted by Gasteiger charge is 2.20. The number of guanidine groups is 1. The first-order chi connectivity index (χ1) is 12.0. The molecule has 4 nitrogen and oxygen atoms in total. The highest BCUT2D eigenvalue weighted by Crippen LogP contribution is 2.16. The fourth-order valence-electron chi connectivity index (χ4n) is 3.10. The molecular weight excluding hydrogens is 510 g/mol. The van der Waals surface area contributed by atoms with Gasteiger partial charge in [-0.25, -0.2) is 9.38 Å². The fourth-order valence-corrected chi connectivity index (χ4v) is 3.44. The Bertz CT molecular complexity index is 575. The molecular formula is C19H31BrFIN4. The van der Waals surface area contributed by atoms with Gasteiger partial charge in [-0.05, 0) is 37.8 Å². The van der Waals surface area contributed by atoms with Gasteiger partial charge in [0.1, 0.15) is 5.82 Å². The van der Waals surface area contributed by atoms with Crippen molar-refractivity contribution in [2.45, 2.75) is 46.2 Å². The number of aliphatic imine (C=N–C) groups is 1. The highest BCUT2D eigenvalue weighted by molar-refractivity contribution is 14.0. The van der Waals surface area contributed by atoms with Crippen LogP contribution in [0.15, 0.2) is 27.7 Å². The molecule has 0 bridgehead atoms. The van der Waals surface area contributed by atoms with Crippen molar-refractivity contribution in [3.05, 3.63) is 34.1 Å². The predicted molar refractivity (Wildman–Crippen MR) is 122 cm³/mol. The Balaban J connectivity index is 0.00000338. The second-order valence-corrected chi connectivity index (χ2v) is 7.96. The van der Waals surface area contributed by atoms with Gasteiger partial charge >= 0.3 is 0 Å². The SMILES string of the molecule is CCNC(=NCc1ccc(Br)cc1F)NC1CCN(CC(C)C)CC1.I. The van der Waals surface area contributed by atoms with E-state index in [0.717, 1.165) is 42.9 Å². The van der Waals surface area contributed by atoms with Crippen LogP contribution in [0.1, 0.15) is 39.2 Å². The molecule has 26 heavy (non-hydrogen) atoms. The van der Waals surface area contributed by atoms with Crippen LogP contribution in [-0.4, -0.2) is 43.1 Å². The van der Waals surface area contributed by atoms with Crippen molar-refractivity contribution in [3.8, 4) is 0 Å². The molecule has 0 saturated carbocycles. The average molecular weight is 541 g/mol. The highest BCUT2D eigenvalue weighted by atomic mass is 127. The Morgan fingerprint density at radius 2 is 2.04 bits per heavy atom. The number of hydrogen-bond acceptors (Lipinski definition) is 2. The minimum absolute atomic E-state index is 0. The van der Waals surface area contributed by atoms with Gasteiger partial charge in [0, 0.05) is 42.3 Å². The summed E-state index contributed by atoms with van der Waals surface area (Å²) in [6.45, 7) is 11.1. The molecule has 1 aromatic carbocycles. The first-order valence-corrected chi connectivity index (χ1v) is 9.98. The smallest absolute Gasteiger partial charge is 0.191 e. The number of hydrogen-bond donors (Lipinski definition) is 2. The second-order valence-electron chi connectivity index (χ2n) is 7.04. The van der Waals surface area contributed by atoms with Gasteiger partial charge in [-0.1, -0.05) is 35.8 Å². The first-order valence-electron chi connectivity index (χ1n) is 9.19. The summed E-state index contributed by atoms with van der Waals surface area (Å²) in [5.74, 6) is 1.26. The molecule has 1 aliphatic rings. The molecule has 0 atom stereocenters. The molecule has 1 aromatic rings. The maximum absolute atomic E-state index is 13.9. The number of nitrogens with one attached hydrogen (secondary N) is 2. The molecule has 2 rings (SSSR count). The number of piperidine rings is 1. The average Bonchev–Trinajstić information content (AvgIpc) is 2.55. The summed E-state index contributed by atoms with van der Waals surface area (Å²) in [7, 11) is 0. The Morgan fingerprint density at radius 3 is 2.62 bits per heavy atom. The maximum atomic E-state index is 13.9. The van der Waals surface area contributed by atoms with Crippen molar-refractivity contribution in [2.75, 3.05) is 26.2 Å². The Hall–Kier alpha value is -0.410. The van der Waals surface area contributed by atoms with E-state index in [0.29, 0.717) is 24.1 Å². The molecule has 148 valence electrons. The van der Waals surface area contributed by atoms with Crippen molar-refractivity contribution in [1.29, 1.82) is 0 Å². The van der Waals surface area contributed by atoms with Crippen LogP contribution in [-0.2, 0) is 6.54 Å². The van der Waals surface area contributed by atoms with Crippen LogP contribution in [0.3, 0.4) is 0 Å². The van der Waals surface area contributed by atoms with E-state index in [1.807, 2.05) is 13.0 Å². The van der Waals surface area contributed by atoms with Crippen molar-refractivity contribution in [1.82, 2.24) is 15.5 Å². The predicted octanol–water partition coefficient (Wildman–Crippen LogP) is 4.38. The van der Waals surface area contributed by atoms with Crippen molar-refractivity contribution in [2.24, 2.45) is 10.9 Å². The van der Waals surface area contributed by atoms with Crippen LogP contribution in [0.5, 0.6) is 0 Å². The molecule has 0 radical (unpaired) electrons. The maximum Gasteiger partial charge on any atom is 0.191 e. The summed E-state index contributed by atoms with van der Waals surface area (Å²) in [4.78, 5) is 7.09. The minimum atomic E-state index is -0.226. The lowest BCUT2D eigenvalue weighted by molar-refractivity contribution is 0.187. The second kappa shape index (κ2) is 12.1. The van der Waals surface area contributed by atoms with Crippen LogP contribution in [0.4, 0.5) is 4.39 Å². The Kier molecular flexibility index (Phi) is 11.0. The van der Waals surface area contributed by atoms with Crippen molar-refractivity contribution >= 4 is 45.9 Å². The molecule has 0 aliphatic carbocycles. The molecule has 0 amide bonds. The molecule has 7 heteroatoms. The van der Waals surface area contributed by atoms with Crippen LogP contribution >= 0.6 is 39.9 Å². The van der Waals surface area contributed by atoms with E-state index in [1.165, 1.54) is 12.6 Å². The van der Waals surface area contributed by atoms with Gasteiger partial charge in [-0.2, -0.15) is 0 Å². The standard InChI is InChI=1S/C19H30BrFN4.HI/c1-4-22-19(23-12-15-5-6-16(20)11-18(15)21)24-17-7-9-25(10-8-17)13-14(2)3;/h5-6,11,14,17H,4,7-10,12-13H2,1-3H3,(H2,22,23,24);1H. The summed E-state index contributed by atoms with van der Waals surface area (Å²) in [5, 5.41) is 6.78. The lowest BCUT2D eigenvalue weighted by atomic mass is 10.0. The zero-order valence-corrected chi connectivity index (χ0v) is 19.8. The zero-order valence-electron chi connectivity index (χ0n) is 15.9. The summed E-state index contributed by atoms with van der Waals surface area (Å²) in [6.07, 6.45) is 2.23. The van der Waals surface area contributed by atoms with Crippen LogP contribution in [0.2, 0.25) is 0 Å². The Labute approximate surface area is 182 Å². The topological polar surface area (TPSA) is 39.7 Å². The number of nitrogens with zero attached hydrogens (tertiary/aromatic N) is 2. The van der Waals surface area contributed by atoms with Crippen molar-refractivity contribution < 1.29 is 4.39 Å². The third-order valence-corrected chi connectivity index (χ3v) is 4.81. The molecule has 0 aromatic heterocycles. The Morgan fingerprint density at radius 1 is 1.35 bits per heavy atom. The van der Waals surface area contributed by atoms with Gasteiger partial charge < -0.3 is 15.5 Å². The van der Waals surface area contributed by atoms with Gasteiger partial charge in [0.25, 0.3) is 0 Å². The number of benzene rings is 1. The normalized spacial score (nSPS) is 16.5. The lowest BCUT2D eigenvalue weighted by Crippen LogP contribution is -2.49. The van der Waals surface area contributed by atoms with E-state index in [4.69, 9.17) is 0 Å². The molecule has 1 saturated heterocycles. The summed E-state index contributed by atoms with van der Waals surface area (Å²) in [6, 6.07) is 5.53. The first kappa shape index (κ1) is 23.6. The largest absolute Gasteiger partial charge is 0.357 e. The molecule has 0 spiro atoms. The number of halogens is 3. The van der Waals surface area contributed by atoms with Crippen LogP contribution in [0.25, 0.3) is 0 Å². The molecule has 1 fully saturated rings. The minimum Gasteiger partial charge on any atom is -0.357 e. The van der Waals surface area contributed by atoms with Gasteiger partial charge in [0.05, 0.1) is 6.54 Å². The van der Waals surface area contributed by atoms with E-state index >= 15 is 0 Å². The number of likely N-dealkylation sites (tertiary alicyclic amines) is 1. The quantitative estimate of drug-likeness (QED) is 0.319. The summed E-state index contributed by atoms with van der Waals surface area (Å²) >= 11 is 3.28. The fraction of sp³-hybridized carbons (Fsp3) is 0.632. The summed E-state index contributed by atoms with van der Waals surface area (Å²) in [5.41, 5.74) is 0.604. The molecule has 1 aliphatic heterocycles. The molecule has 0 unspecified atom stereocenters. The molecule has 2 N–H and O–H groups in total. The van der Waals surface area contributed by atoms with Gasteiger partial charge in [-0.3, -0.25) is 0 Å². The van der Waals surface area contributed by atoms with Gasteiger partial charge in [0.15, 0.2) is 5.96 Å². The number of rotatable bonds is 6. The third-order valence-electron chi connectivity index (χ3n) is 4.32. The lowest BCUT2D eigenvalue weighted by Gasteiger charge is -2.34.